The van der Waals surface area contributed by atoms with Crippen molar-refractivity contribution in [3.63, 3.8) is 0 Å². The molecule has 5 heteroatoms. The number of carbonyl (C=O) groups is 1. The van der Waals surface area contributed by atoms with Gasteiger partial charge in [0.05, 0.1) is 5.92 Å². The second-order valence-electron chi connectivity index (χ2n) is 4.04. The molecule has 1 aliphatic carbocycles. The summed E-state index contributed by atoms with van der Waals surface area (Å²) in [4.78, 5) is 10.7. The first-order valence-electron chi connectivity index (χ1n) is 4.94. The predicted octanol–water partition coefficient (Wildman–Crippen LogP) is 2.71. The van der Waals surface area contributed by atoms with E-state index in [9.17, 15) is 4.79 Å². The third kappa shape index (κ3) is 2.17. The Labute approximate surface area is 103 Å². The van der Waals surface area contributed by atoms with E-state index in [0.29, 0.717) is 16.5 Å². The standard InChI is InChI=1S/C11H11Cl2NO2/c12-5-1-2-6(9(13)3-5)10(14)7-4-8(7)11(15)16/h1-3,7-8,10H,4,14H2,(H,15,16). The van der Waals surface area contributed by atoms with Crippen molar-refractivity contribution in [3.05, 3.63) is 33.8 Å². The lowest BCUT2D eigenvalue weighted by Crippen LogP contribution is -2.16. The van der Waals surface area contributed by atoms with E-state index in [1.54, 1.807) is 18.2 Å². The normalized spacial score (nSPS) is 25.2. The fourth-order valence-corrected chi connectivity index (χ4v) is 2.43. The van der Waals surface area contributed by atoms with Gasteiger partial charge >= 0.3 is 5.97 Å². The van der Waals surface area contributed by atoms with Crippen LogP contribution < -0.4 is 5.73 Å². The molecule has 3 N–H and O–H groups in total. The van der Waals surface area contributed by atoms with Crippen molar-refractivity contribution in [2.75, 3.05) is 0 Å². The molecule has 86 valence electrons. The number of halogens is 2. The summed E-state index contributed by atoms with van der Waals surface area (Å²) < 4.78 is 0. The molecule has 0 radical (unpaired) electrons. The van der Waals surface area contributed by atoms with E-state index in [2.05, 4.69) is 0 Å². The minimum atomic E-state index is -0.787. The summed E-state index contributed by atoms with van der Waals surface area (Å²) in [5.41, 5.74) is 6.75. The van der Waals surface area contributed by atoms with Crippen LogP contribution in [0.15, 0.2) is 18.2 Å². The Morgan fingerprint density at radius 1 is 1.50 bits per heavy atom. The summed E-state index contributed by atoms with van der Waals surface area (Å²) in [5, 5.41) is 9.87. The summed E-state index contributed by atoms with van der Waals surface area (Å²) in [6.45, 7) is 0. The van der Waals surface area contributed by atoms with Crippen LogP contribution >= 0.6 is 23.2 Å². The number of aliphatic carboxylic acids is 1. The number of hydrogen-bond donors (Lipinski definition) is 2. The summed E-state index contributed by atoms with van der Waals surface area (Å²) in [5.74, 6) is -1.14. The minimum Gasteiger partial charge on any atom is -0.481 e. The quantitative estimate of drug-likeness (QED) is 0.878. The SMILES string of the molecule is NC(c1ccc(Cl)cc1Cl)C1CC1C(=O)O. The maximum absolute atomic E-state index is 10.7. The van der Waals surface area contributed by atoms with Crippen LogP contribution in [0.3, 0.4) is 0 Å². The first-order valence-corrected chi connectivity index (χ1v) is 5.69. The van der Waals surface area contributed by atoms with E-state index < -0.39 is 5.97 Å². The van der Waals surface area contributed by atoms with Gasteiger partial charge in [0.15, 0.2) is 0 Å². The molecule has 3 nitrogen and oxygen atoms in total. The van der Waals surface area contributed by atoms with Crippen LogP contribution in [0.2, 0.25) is 10.0 Å². The third-order valence-corrected chi connectivity index (χ3v) is 3.50. The molecule has 1 saturated carbocycles. The van der Waals surface area contributed by atoms with Crippen LogP contribution in [0.25, 0.3) is 0 Å². The summed E-state index contributed by atoms with van der Waals surface area (Å²) in [6.07, 6.45) is 0.620. The number of carboxylic acid groups (broad SMARTS) is 1. The molecule has 0 aromatic heterocycles. The van der Waals surface area contributed by atoms with E-state index in [-0.39, 0.29) is 17.9 Å². The lowest BCUT2D eigenvalue weighted by Gasteiger charge is -2.13. The number of nitrogens with two attached hydrogens (primary N) is 1. The molecule has 1 aliphatic rings. The van der Waals surface area contributed by atoms with Gasteiger partial charge in [0.25, 0.3) is 0 Å². The second kappa shape index (κ2) is 4.24. The van der Waals surface area contributed by atoms with Gasteiger partial charge in [-0.1, -0.05) is 29.3 Å². The van der Waals surface area contributed by atoms with Gasteiger partial charge in [-0.2, -0.15) is 0 Å². The predicted molar refractivity (Wildman–Crippen MR) is 62.6 cm³/mol. The van der Waals surface area contributed by atoms with E-state index in [0.717, 1.165) is 5.56 Å². The molecule has 0 spiro atoms. The number of rotatable bonds is 3. The third-order valence-electron chi connectivity index (χ3n) is 2.94. The van der Waals surface area contributed by atoms with Crippen LogP contribution in [0.4, 0.5) is 0 Å². The average Bonchev–Trinajstić information content (AvgIpc) is 2.96. The Bertz CT molecular complexity index is 436. The first-order chi connectivity index (χ1) is 7.50. The molecule has 0 heterocycles. The largest absolute Gasteiger partial charge is 0.481 e. The lowest BCUT2D eigenvalue weighted by atomic mass is 10.0. The van der Waals surface area contributed by atoms with E-state index >= 15 is 0 Å². The molecule has 0 saturated heterocycles. The Balaban J connectivity index is 2.16. The van der Waals surface area contributed by atoms with Gasteiger partial charge in [0.1, 0.15) is 0 Å². The summed E-state index contributed by atoms with van der Waals surface area (Å²) in [7, 11) is 0. The number of hydrogen-bond acceptors (Lipinski definition) is 2. The van der Waals surface area contributed by atoms with E-state index in [1.165, 1.54) is 0 Å². The topological polar surface area (TPSA) is 63.3 Å². The van der Waals surface area contributed by atoms with Gasteiger partial charge in [-0.25, -0.2) is 0 Å². The molecule has 1 aromatic carbocycles. The van der Waals surface area contributed by atoms with Crippen LogP contribution in [0, 0.1) is 11.8 Å². The maximum atomic E-state index is 10.7. The first kappa shape index (κ1) is 11.7. The van der Waals surface area contributed by atoms with Crippen molar-refractivity contribution in [3.8, 4) is 0 Å². The highest BCUT2D eigenvalue weighted by molar-refractivity contribution is 6.35. The Morgan fingerprint density at radius 3 is 2.69 bits per heavy atom. The van der Waals surface area contributed by atoms with Gasteiger partial charge in [0.2, 0.25) is 0 Å². The number of carboxylic acids is 1. The van der Waals surface area contributed by atoms with Crippen LogP contribution in [0.5, 0.6) is 0 Å². The fraction of sp³-hybridized carbons (Fsp3) is 0.364. The molecular formula is C11H11Cl2NO2. The minimum absolute atomic E-state index is 0.0174. The smallest absolute Gasteiger partial charge is 0.306 e. The fourth-order valence-electron chi connectivity index (χ4n) is 1.90. The summed E-state index contributed by atoms with van der Waals surface area (Å²) in [6, 6.07) is 4.76. The Kier molecular flexibility index (Phi) is 3.10. The van der Waals surface area contributed by atoms with Gasteiger partial charge < -0.3 is 10.8 Å². The van der Waals surface area contributed by atoms with Gasteiger partial charge in [-0.15, -0.1) is 0 Å². The van der Waals surface area contributed by atoms with Crippen molar-refractivity contribution >= 4 is 29.2 Å². The molecule has 2 rings (SSSR count). The van der Waals surface area contributed by atoms with Crippen molar-refractivity contribution in [1.82, 2.24) is 0 Å². The zero-order valence-electron chi connectivity index (χ0n) is 8.36. The van der Waals surface area contributed by atoms with Gasteiger partial charge in [-0.05, 0) is 30.0 Å². The highest BCUT2D eigenvalue weighted by Gasteiger charge is 2.47. The molecular weight excluding hydrogens is 249 g/mol. The molecule has 3 unspecified atom stereocenters. The molecule has 1 aromatic rings. The van der Waals surface area contributed by atoms with Crippen molar-refractivity contribution < 1.29 is 9.90 Å². The zero-order valence-corrected chi connectivity index (χ0v) is 9.87. The van der Waals surface area contributed by atoms with E-state index in [1.807, 2.05) is 0 Å². The highest BCUT2D eigenvalue weighted by Crippen LogP contribution is 2.47. The molecule has 16 heavy (non-hydrogen) atoms. The monoisotopic (exact) mass is 259 g/mol. The highest BCUT2D eigenvalue weighted by atomic mass is 35.5. The molecule has 1 fully saturated rings. The zero-order chi connectivity index (χ0) is 11.9. The lowest BCUT2D eigenvalue weighted by molar-refractivity contribution is -0.138. The Hall–Kier alpha value is -0.770. The van der Waals surface area contributed by atoms with Crippen molar-refractivity contribution in [2.24, 2.45) is 17.6 Å². The Morgan fingerprint density at radius 2 is 2.19 bits per heavy atom. The van der Waals surface area contributed by atoms with Crippen LogP contribution in [0.1, 0.15) is 18.0 Å². The van der Waals surface area contributed by atoms with Crippen LogP contribution in [-0.4, -0.2) is 11.1 Å². The van der Waals surface area contributed by atoms with Gasteiger partial charge in [-0.3, -0.25) is 4.79 Å². The number of benzene rings is 1. The second-order valence-corrected chi connectivity index (χ2v) is 4.88. The molecule has 0 amide bonds. The van der Waals surface area contributed by atoms with E-state index in [4.69, 9.17) is 34.0 Å². The van der Waals surface area contributed by atoms with Crippen molar-refractivity contribution in [1.29, 1.82) is 0 Å². The molecule has 3 atom stereocenters. The van der Waals surface area contributed by atoms with Crippen LogP contribution in [-0.2, 0) is 4.79 Å². The summed E-state index contributed by atoms with van der Waals surface area (Å²) >= 11 is 11.8. The van der Waals surface area contributed by atoms with Gasteiger partial charge in [0, 0.05) is 16.1 Å². The maximum Gasteiger partial charge on any atom is 0.306 e. The average molecular weight is 260 g/mol. The molecule has 0 bridgehead atoms. The van der Waals surface area contributed by atoms with Crippen molar-refractivity contribution in [2.45, 2.75) is 12.5 Å². The molecule has 0 aliphatic heterocycles.